The van der Waals surface area contributed by atoms with E-state index >= 15 is 0 Å². The number of carbonyl (C=O) groups excluding carboxylic acids is 1. The Hall–Kier alpha value is -2.27. The van der Waals surface area contributed by atoms with Gasteiger partial charge in [-0.2, -0.15) is 0 Å². The fraction of sp³-hybridized carbons (Fsp3) is 0.176. The summed E-state index contributed by atoms with van der Waals surface area (Å²) >= 11 is 1.46. The molecule has 1 heterocycles. The zero-order valence-corrected chi connectivity index (χ0v) is 12.9. The molecule has 0 fully saturated rings. The number of benzene rings is 2. The number of aromatic nitrogens is 1. The van der Waals surface area contributed by atoms with Crippen molar-refractivity contribution in [3.8, 4) is 0 Å². The maximum absolute atomic E-state index is 12.9. The summed E-state index contributed by atoms with van der Waals surface area (Å²) in [6.07, 6.45) is 0.335. The van der Waals surface area contributed by atoms with Crippen molar-refractivity contribution < 1.29 is 9.18 Å². The number of nitrogens with one attached hydrogen (secondary N) is 1. The molecule has 0 saturated heterocycles. The number of halogens is 1. The first kappa shape index (κ1) is 14.7. The second kappa shape index (κ2) is 6.23. The van der Waals surface area contributed by atoms with Crippen LogP contribution in [-0.4, -0.2) is 10.9 Å². The number of carbonyl (C=O) groups is 1. The van der Waals surface area contributed by atoms with E-state index in [1.165, 1.54) is 23.5 Å². The highest BCUT2D eigenvalue weighted by molar-refractivity contribution is 7.22. The molecule has 0 radical (unpaired) electrons. The second-order valence-corrected chi connectivity index (χ2v) is 6.22. The highest BCUT2D eigenvalue weighted by Gasteiger charge is 2.13. The second-order valence-electron chi connectivity index (χ2n) is 5.19. The van der Waals surface area contributed by atoms with Crippen LogP contribution < -0.4 is 5.32 Å². The van der Waals surface area contributed by atoms with E-state index in [1.807, 2.05) is 31.2 Å². The molecule has 0 aliphatic rings. The largest absolute Gasteiger partial charge is 0.302 e. The Balaban J connectivity index is 1.65. The molecule has 3 aromatic rings. The number of para-hydroxylation sites is 1. The van der Waals surface area contributed by atoms with Crippen LogP contribution in [0.5, 0.6) is 0 Å². The van der Waals surface area contributed by atoms with Crippen molar-refractivity contribution in [1.29, 1.82) is 0 Å². The maximum atomic E-state index is 12.9. The molecule has 0 bridgehead atoms. The third-order valence-corrected chi connectivity index (χ3v) is 4.42. The van der Waals surface area contributed by atoms with Gasteiger partial charge in [0.15, 0.2) is 5.13 Å². The van der Waals surface area contributed by atoms with Gasteiger partial charge in [0.25, 0.3) is 0 Å². The summed E-state index contributed by atoms with van der Waals surface area (Å²) in [5.41, 5.74) is 1.83. The Morgan fingerprint density at radius 3 is 2.68 bits per heavy atom. The summed E-state index contributed by atoms with van der Waals surface area (Å²) in [5.74, 6) is -0.333. The molecule has 0 spiro atoms. The quantitative estimate of drug-likeness (QED) is 0.766. The summed E-state index contributed by atoms with van der Waals surface area (Å²) in [4.78, 5) is 16.5. The molecule has 3 nitrogen and oxygen atoms in total. The van der Waals surface area contributed by atoms with Crippen LogP contribution in [0.2, 0.25) is 0 Å². The van der Waals surface area contributed by atoms with Crippen molar-refractivity contribution in [1.82, 2.24) is 4.98 Å². The van der Waals surface area contributed by atoms with Gasteiger partial charge in [-0.3, -0.25) is 4.79 Å². The average Bonchev–Trinajstić information content (AvgIpc) is 2.89. The predicted molar refractivity (Wildman–Crippen MR) is 87.7 cm³/mol. The van der Waals surface area contributed by atoms with E-state index in [4.69, 9.17) is 0 Å². The minimum absolute atomic E-state index is 0.0231. The monoisotopic (exact) mass is 314 g/mol. The van der Waals surface area contributed by atoms with Gasteiger partial charge in [0, 0.05) is 6.42 Å². The molecule has 1 unspecified atom stereocenters. The van der Waals surface area contributed by atoms with Crippen molar-refractivity contribution in [3.05, 3.63) is 59.9 Å². The van der Waals surface area contributed by atoms with Crippen LogP contribution in [-0.2, 0) is 4.79 Å². The van der Waals surface area contributed by atoms with Crippen LogP contribution >= 0.6 is 11.3 Å². The van der Waals surface area contributed by atoms with E-state index in [0.717, 1.165) is 15.8 Å². The molecule has 1 amide bonds. The van der Waals surface area contributed by atoms with E-state index < -0.39 is 0 Å². The molecule has 22 heavy (non-hydrogen) atoms. The van der Waals surface area contributed by atoms with Gasteiger partial charge in [0.1, 0.15) is 5.82 Å². The molecule has 0 aliphatic carbocycles. The first-order chi connectivity index (χ1) is 10.6. The molecular weight excluding hydrogens is 299 g/mol. The van der Waals surface area contributed by atoms with E-state index in [0.29, 0.717) is 11.6 Å². The summed E-state index contributed by atoms with van der Waals surface area (Å²) in [5, 5.41) is 3.45. The van der Waals surface area contributed by atoms with Crippen molar-refractivity contribution in [2.75, 3.05) is 5.32 Å². The molecule has 0 aliphatic heterocycles. The Morgan fingerprint density at radius 1 is 1.23 bits per heavy atom. The van der Waals surface area contributed by atoms with Gasteiger partial charge in [-0.25, -0.2) is 9.37 Å². The molecule has 112 valence electrons. The lowest BCUT2D eigenvalue weighted by Gasteiger charge is -2.11. The fourth-order valence-electron chi connectivity index (χ4n) is 2.28. The van der Waals surface area contributed by atoms with Gasteiger partial charge in [0.05, 0.1) is 10.2 Å². The number of rotatable bonds is 4. The van der Waals surface area contributed by atoms with Crippen molar-refractivity contribution in [2.24, 2.45) is 0 Å². The molecule has 2 aromatic carbocycles. The van der Waals surface area contributed by atoms with Gasteiger partial charge in [-0.1, -0.05) is 42.5 Å². The van der Waals surface area contributed by atoms with Crippen LogP contribution in [0, 0.1) is 5.82 Å². The summed E-state index contributed by atoms with van der Waals surface area (Å²) in [7, 11) is 0. The Labute approximate surface area is 131 Å². The highest BCUT2D eigenvalue weighted by Crippen LogP contribution is 2.26. The van der Waals surface area contributed by atoms with Gasteiger partial charge in [0.2, 0.25) is 5.91 Å². The molecule has 3 rings (SSSR count). The molecule has 1 aromatic heterocycles. The molecule has 1 atom stereocenters. The Morgan fingerprint density at radius 2 is 1.95 bits per heavy atom. The Bertz CT molecular complexity index is 765. The lowest BCUT2D eigenvalue weighted by atomic mass is 9.97. The fourth-order valence-corrected chi connectivity index (χ4v) is 3.17. The highest BCUT2D eigenvalue weighted by atomic mass is 32.1. The number of nitrogens with zero attached hydrogens (tertiary/aromatic N) is 1. The lowest BCUT2D eigenvalue weighted by Crippen LogP contribution is -2.14. The van der Waals surface area contributed by atoms with Crippen LogP contribution in [0.1, 0.15) is 24.8 Å². The molecular formula is C17H15FN2OS. The normalized spacial score (nSPS) is 12.3. The van der Waals surface area contributed by atoms with Crippen LogP contribution in [0.25, 0.3) is 10.2 Å². The van der Waals surface area contributed by atoms with Crippen molar-refractivity contribution in [3.63, 3.8) is 0 Å². The molecule has 5 heteroatoms. The van der Waals surface area contributed by atoms with Crippen LogP contribution in [0.15, 0.2) is 48.5 Å². The number of hydrogen-bond acceptors (Lipinski definition) is 3. The number of amides is 1. The van der Waals surface area contributed by atoms with E-state index in [1.54, 1.807) is 12.1 Å². The van der Waals surface area contributed by atoms with E-state index in [-0.39, 0.29) is 17.6 Å². The zero-order valence-electron chi connectivity index (χ0n) is 12.0. The molecule has 0 saturated carbocycles. The number of thiazole rings is 1. The van der Waals surface area contributed by atoms with Crippen LogP contribution in [0.4, 0.5) is 9.52 Å². The van der Waals surface area contributed by atoms with E-state index in [2.05, 4.69) is 10.3 Å². The third-order valence-electron chi connectivity index (χ3n) is 3.47. The SMILES string of the molecule is CC(CC(=O)Nc1nc2ccccc2s1)c1ccc(F)cc1. The van der Waals surface area contributed by atoms with Gasteiger partial charge >= 0.3 is 0 Å². The smallest absolute Gasteiger partial charge is 0.226 e. The minimum Gasteiger partial charge on any atom is -0.302 e. The lowest BCUT2D eigenvalue weighted by molar-refractivity contribution is -0.116. The average molecular weight is 314 g/mol. The minimum atomic E-state index is -0.269. The zero-order chi connectivity index (χ0) is 15.5. The summed E-state index contributed by atoms with van der Waals surface area (Å²) < 4.78 is 14.0. The molecule has 1 N–H and O–H groups in total. The standard InChI is InChI=1S/C17H15FN2OS/c1-11(12-6-8-13(18)9-7-12)10-16(21)20-17-19-14-4-2-3-5-15(14)22-17/h2-9,11H,10H2,1H3,(H,19,20,21). The van der Waals surface area contributed by atoms with Gasteiger partial charge in [-0.15, -0.1) is 0 Å². The van der Waals surface area contributed by atoms with Crippen molar-refractivity contribution >= 4 is 32.6 Å². The number of fused-ring (bicyclic) bond motifs is 1. The maximum Gasteiger partial charge on any atom is 0.226 e. The first-order valence-electron chi connectivity index (χ1n) is 7.03. The van der Waals surface area contributed by atoms with Crippen LogP contribution in [0.3, 0.4) is 0 Å². The van der Waals surface area contributed by atoms with E-state index in [9.17, 15) is 9.18 Å². The van der Waals surface area contributed by atoms with Gasteiger partial charge in [-0.05, 0) is 35.7 Å². The van der Waals surface area contributed by atoms with Gasteiger partial charge < -0.3 is 5.32 Å². The Kier molecular flexibility index (Phi) is 4.15. The number of hydrogen-bond donors (Lipinski definition) is 1. The predicted octanol–water partition coefficient (Wildman–Crippen LogP) is 4.57. The first-order valence-corrected chi connectivity index (χ1v) is 7.84. The summed E-state index contributed by atoms with van der Waals surface area (Å²) in [6, 6.07) is 14.0. The topological polar surface area (TPSA) is 42.0 Å². The third kappa shape index (κ3) is 3.31. The summed E-state index contributed by atoms with van der Waals surface area (Å²) in [6.45, 7) is 1.95. The van der Waals surface area contributed by atoms with Crippen molar-refractivity contribution in [2.45, 2.75) is 19.3 Å². The number of anilines is 1.